The summed E-state index contributed by atoms with van der Waals surface area (Å²) in [5.41, 5.74) is 3.49. The highest BCUT2D eigenvalue weighted by Gasteiger charge is 2.39. The summed E-state index contributed by atoms with van der Waals surface area (Å²) < 4.78 is 11.0. The van der Waals surface area contributed by atoms with Gasteiger partial charge < -0.3 is 14.8 Å². The number of ketones is 1. The maximum atomic E-state index is 13.2. The van der Waals surface area contributed by atoms with Crippen molar-refractivity contribution < 1.29 is 19.1 Å². The molecule has 0 bridgehead atoms. The summed E-state index contributed by atoms with van der Waals surface area (Å²) >= 11 is 0. The van der Waals surface area contributed by atoms with Gasteiger partial charge in [0.25, 0.3) is 0 Å². The molecule has 5 heteroatoms. The Morgan fingerprint density at radius 1 is 1.00 bits per heavy atom. The molecule has 1 heterocycles. The highest BCUT2D eigenvalue weighted by molar-refractivity contribution is 6.02. The molecule has 150 valence electrons. The molecule has 1 amide bonds. The summed E-state index contributed by atoms with van der Waals surface area (Å²) in [4.78, 5) is 25.7. The topological polar surface area (TPSA) is 64.6 Å². The Bertz CT molecular complexity index is 961. The number of benzene rings is 2. The highest BCUT2D eigenvalue weighted by atomic mass is 16.5. The second kappa shape index (κ2) is 8.11. The Morgan fingerprint density at radius 3 is 2.48 bits per heavy atom. The van der Waals surface area contributed by atoms with Crippen molar-refractivity contribution in [2.24, 2.45) is 0 Å². The molecule has 1 aliphatic carbocycles. The molecule has 2 aromatic carbocycles. The Morgan fingerprint density at radius 2 is 1.76 bits per heavy atom. The molecule has 2 atom stereocenters. The molecule has 29 heavy (non-hydrogen) atoms. The van der Waals surface area contributed by atoms with E-state index in [4.69, 9.17) is 9.47 Å². The lowest BCUT2D eigenvalue weighted by atomic mass is 9.73. The molecule has 4 rings (SSSR count). The number of carbonyl (C=O) groups is 2. The van der Waals surface area contributed by atoms with E-state index in [0.717, 1.165) is 33.9 Å². The zero-order valence-electron chi connectivity index (χ0n) is 16.7. The van der Waals surface area contributed by atoms with Crippen molar-refractivity contribution in [2.75, 3.05) is 13.7 Å². The van der Waals surface area contributed by atoms with Gasteiger partial charge in [-0.2, -0.15) is 0 Å². The number of carbonyl (C=O) groups excluding carboxylic acids is 2. The number of rotatable bonds is 5. The summed E-state index contributed by atoms with van der Waals surface area (Å²) in [6.07, 6.45) is 1.35. The highest BCUT2D eigenvalue weighted by Crippen LogP contribution is 2.44. The number of hydrogen-bond acceptors (Lipinski definition) is 4. The van der Waals surface area contributed by atoms with Gasteiger partial charge in [-0.1, -0.05) is 30.3 Å². The van der Waals surface area contributed by atoms with E-state index in [0.29, 0.717) is 19.4 Å². The van der Waals surface area contributed by atoms with Crippen molar-refractivity contribution in [3.8, 4) is 11.5 Å². The molecule has 0 saturated carbocycles. The number of ether oxygens (including phenoxy) is 2. The van der Waals surface area contributed by atoms with Gasteiger partial charge in [-0.15, -0.1) is 0 Å². The molecule has 0 aromatic heterocycles. The number of nitrogens with one attached hydrogen (secondary N) is 1. The van der Waals surface area contributed by atoms with Crippen LogP contribution in [0.15, 0.2) is 59.8 Å². The molecule has 2 aliphatic rings. The fraction of sp³-hybridized carbons (Fsp3) is 0.333. The second-order valence-electron chi connectivity index (χ2n) is 7.47. The van der Waals surface area contributed by atoms with Gasteiger partial charge in [0.1, 0.15) is 11.5 Å². The van der Waals surface area contributed by atoms with Gasteiger partial charge >= 0.3 is 0 Å². The van der Waals surface area contributed by atoms with E-state index in [2.05, 4.69) is 5.32 Å². The predicted molar refractivity (Wildman–Crippen MR) is 110 cm³/mol. The molecule has 0 radical (unpaired) electrons. The van der Waals surface area contributed by atoms with Crippen LogP contribution >= 0.6 is 0 Å². The predicted octanol–water partition coefficient (Wildman–Crippen LogP) is 4.10. The van der Waals surface area contributed by atoms with Crippen molar-refractivity contribution in [2.45, 2.75) is 38.0 Å². The number of amides is 1. The van der Waals surface area contributed by atoms with Crippen molar-refractivity contribution in [1.82, 2.24) is 5.32 Å². The second-order valence-corrected chi connectivity index (χ2v) is 7.47. The van der Waals surface area contributed by atoms with Crippen LogP contribution in [0.2, 0.25) is 0 Å². The first-order chi connectivity index (χ1) is 14.1. The zero-order chi connectivity index (χ0) is 20.4. The van der Waals surface area contributed by atoms with Gasteiger partial charge in [-0.25, -0.2) is 0 Å². The minimum absolute atomic E-state index is 0.0494. The van der Waals surface area contributed by atoms with Crippen LogP contribution in [0.4, 0.5) is 0 Å². The van der Waals surface area contributed by atoms with Gasteiger partial charge in [0, 0.05) is 35.6 Å². The zero-order valence-corrected chi connectivity index (χ0v) is 16.7. The molecule has 2 aromatic rings. The summed E-state index contributed by atoms with van der Waals surface area (Å²) in [7, 11) is 1.63. The van der Waals surface area contributed by atoms with Crippen molar-refractivity contribution >= 4 is 11.7 Å². The van der Waals surface area contributed by atoms with Gasteiger partial charge in [0.05, 0.1) is 13.7 Å². The fourth-order valence-electron chi connectivity index (χ4n) is 4.39. The van der Waals surface area contributed by atoms with Crippen LogP contribution in [-0.2, 0) is 9.59 Å². The van der Waals surface area contributed by atoms with E-state index in [1.165, 1.54) is 0 Å². The van der Waals surface area contributed by atoms with Crippen LogP contribution in [-0.4, -0.2) is 25.4 Å². The number of hydrogen-bond donors (Lipinski definition) is 1. The Labute approximate surface area is 170 Å². The van der Waals surface area contributed by atoms with Gasteiger partial charge in [0.15, 0.2) is 5.78 Å². The molecule has 0 saturated heterocycles. The Kier molecular flexibility index (Phi) is 5.38. The molecule has 1 N–H and O–H groups in total. The van der Waals surface area contributed by atoms with E-state index in [9.17, 15) is 9.59 Å². The molecular formula is C24H25NO4. The first-order valence-corrected chi connectivity index (χ1v) is 10.0. The van der Waals surface area contributed by atoms with Gasteiger partial charge in [-0.05, 0) is 43.0 Å². The molecule has 1 aliphatic heterocycles. The van der Waals surface area contributed by atoms with E-state index in [1.807, 2.05) is 55.5 Å². The average molecular weight is 391 g/mol. The summed E-state index contributed by atoms with van der Waals surface area (Å²) in [6.45, 7) is 2.47. The quantitative estimate of drug-likeness (QED) is 0.834. The molecule has 2 unspecified atom stereocenters. The summed E-state index contributed by atoms with van der Waals surface area (Å²) in [5.74, 6) is 1.37. The van der Waals surface area contributed by atoms with Crippen LogP contribution in [0.1, 0.15) is 49.1 Å². The van der Waals surface area contributed by atoms with Crippen LogP contribution in [0.25, 0.3) is 0 Å². The first kappa shape index (κ1) is 19.2. The monoisotopic (exact) mass is 391 g/mol. The van der Waals surface area contributed by atoms with E-state index < -0.39 is 0 Å². The van der Waals surface area contributed by atoms with Gasteiger partial charge in [-0.3, -0.25) is 9.59 Å². The largest absolute Gasteiger partial charge is 0.497 e. The van der Waals surface area contributed by atoms with E-state index >= 15 is 0 Å². The Hall–Kier alpha value is -3.08. The third-order valence-electron chi connectivity index (χ3n) is 5.72. The third-order valence-corrected chi connectivity index (χ3v) is 5.72. The van der Waals surface area contributed by atoms with Crippen molar-refractivity contribution in [3.63, 3.8) is 0 Å². The van der Waals surface area contributed by atoms with Crippen LogP contribution < -0.4 is 14.8 Å². The third kappa shape index (κ3) is 3.77. The van der Waals surface area contributed by atoms with Crippen molar-refractivity contribution in [3.05, 3.63) is 70.9 Å². The number of para-hydroxylation sites is 1. The normalized spacial score (nSPS) is 21.4. The van der Waals surface area contributed by atoms with Crippen LogP contribution in [0.3, 0.4) is 0 Å². The maximum absolute atomic E-state index is 13.2. The van der Waals surface area contributed by atoms with Crippen LogP contribution in [0.5, 0.6) is 11.5 Å². The lowest BCUT2D eigenvalue weighted by Gasteiger charge is -2.35. The van der Waals surface area contributed by atoms with Crippen LogP contribution in [0, 0.1) is 0 Å². The van der Waals surface area contributed by atoms with Crippen molar-refractivity contribution in [1.29, 1.82) is 0 Å². The minimum atomic E-state index is -0.259. The molecular weight excluding hydrogens is 366 g/mol. The molecule has 5 nitrogen and oxygen atoms in total. The van der Waals surface area contributed by atoms with E-state index in [1.54, 1.807) is 7.11 Å². The smallest absolute Gasteiger partial charge is 0.225 e. The van der Waals surface area contributed by atoms with E-state index in [-0.39, 0.29) is 29.9 Å². The van der Waals surface area contributed by atoms with Gasteiger partial charge in [0.2, 0.25) is 5.91 Å². The summed E-state index contributed by atoms with van der Waals surface area (Å²) in [6, 6.07) is 15.5. The number of Topliss-reactive ketones (excluding diaryl/α,β-unsaturated/α-hetero) is 1. The lowest BCUT2D eigenvalue weighted by Crippen LogP contribution is -2.38. The molecule has 0 spiro atoms. The molecule has 0 fully saturated rings. The first-order valence-electron chi connectivity index (χ1n) is 10.0. The Balaban J connectivity index is 1.69. The number of methoxy groups -OCH3 is 1. The SMILES string of the molecule is CCOc1ccccc1C1CC(=O)NC2=C1C(=O)CC(c1ccc(OC)cc1)C2. The lowest BCUT2D eigenvalue weighted by molar-refractivity contribution is -0.122. The summed E-state index contributed by atoms with van der Waals surface area (Å²) in [5, 5.41) is 2.98. The fourth-order valence-corrected chi connectivity index (χ4v) is 4.39. The average Bonchev–Trinajstić information content (AvgIpc) is 2.73. The maximum Gasteiger partial charge on any atom is 0.225 e. The minimum Gasteiger partial charge on any atom is -0.497 e. The number of allylic oxidation sites excluding steroid dienone is 2. The standard InChI is InChI=1S/C24H25NO4/c1-3-29-22-7-5-4-6-18(22)19-14-23(27)25-20-12-16(13-21(26)24(19)20)15-8-10-17(28-2)11-9-15/h4-11,16,19H,3,12-14H2,1-2H3,(H,25,27).